The molecule has 0 aliphatic heterocycles. The van der Waals surface area contributed by atoms with Gasteiger partial charge in [0.05, 0.1) is 12.6 Å². The number of carbonyl (C=O) groups is 1. The number of primary amides is 1. The monoisotopic (exact) mass is 202 g/mol. The molecule has 76 valence electrons. The van der Waals surface area contributed by atoms with Crippen molar-refractivity contribution in [2.24, 2.45) is 5.73 Å². The van der Waals surface area contributed by atoms with Gasteiger partial charge in [0.25, 0.3) is 0 Å². The van der Waals surface area contributed by atoms with Crippen molar-refractivity contribution in [1.82, 2.24) is 4.98 Å². The van der Waals surface area contributed by atoms with E-state index in [4.69, 9.17) is 5.73 Å². The molecule has 1 heterocycles. The number of rotatable bonds is 4. The van der Waals surface area contributed by atoms with Crippen LogP contribution in [0.15, 0.2) is 18.3 Å². The summed E-state index contributed by atoms with van der Waals surface area (Å²) in [6, 6.07) is 2.71. The Morgan fingerprint density at radius 1 is 1.57 bits per heavy atom. The fourth-order valence-corrected chi connectivity index (χ4v) is 0.867. The molecular formula is C8H8F2N2O2. The van der Waals surface area contributed by atoms with Crippen molar-refractivity contribution in [2.75, 3.05) is 0 Å². The molecule has 0 spiro atoms. The van der Waals surface area contributed by atoms with Crippen LogP contribution in [0.5, 0.6) is 5.75 Å². The molecule has 1 aromatic rings. The first-order chi connectivity index (χ1) is 6.58. The van der Waals surface area contributed by atoms with Crippen LogP contribution >= 0.6 is 0 Å². The highest BCUT2D eigenvalue weighted by atomic mass is 19.3. The molecule has 4 nitrogen and oxygen atoms in total. The Labute approximate surface area is 78.7 Å². The van der Waals surface area contributed by atoms with Crippen molar-refractivity contribution in [1.29, 1.82) is 0 Å². The third-order valence-electron chi connectivity index (χ3n) is 1.38. The summed E-state index contributed by atoms with van der Waals surface area (Å²) >= 11 is 0. The van der Waals surface area contributed by atoms with Gasteiger partial charge >= 0.3 is 6.61 Å². The smallest absolute Gasteiger partial charge is 0.387 e. The predicted molar refractivity (Wildman–Crippen MR) is 43.8 cm³/mol. The van der Waals surface area contributed by atoms with E-state index in [0.29, 0.717) is 5.69 Å². The number of ether oxygens (including phenoxy) is 1. The number of halogens is 2. The molecule has 1 amide bonds. The number of hydrogen-bond donors (Lipinski definition) is 1. The average molecular weight is 202 g/mol. The Bertz CT molecular complexity index is 314. The normalized spacial score (nSPS) is 10.2. The second-order valence-corrected chi connectivity index (χ2v) is 2.51. The summed E-state index contributed by atoms with van der Waals surface area (Å²) in [6.07, 6.45) is 1.10. The molecular weight excluding hydrogens is 194 g/mol. The maximum absolute atomic E-state index is 11.7. The van der Waals surface area contributed by atoms with Crippen molar-refractivity contribution < 1.29 is 18.3 Å². The molecule has 0 bridgehead atoms. The van der Waals surface area contributed by atoms with Gasteiger partial charge in [-0.1, -0.05) is 0 Å². The number of amides is 1. The highest BCUT2D eigenvalue weighted by Gasteiger charge is 2.05. The Kier molecular flexibility index (Phi) is 3.33. The van der Waals surface area contributed by atoms with E-state index in [1.54, 1.807) is 0 Å². The highest BCUT2D eigenvalue weighted by molar-refractivity contribution is 5.76. The standard InChI is InChI=1S/C8H8F2N2O2/c9-8(10)14-6-2-1-5(12-4-6)3-7(11)13/h1-2,4,8H,3H2,(H2,11,13). The molecule has 1 rings (SSSR count). The van der Waals surface area contributed by atoms with Gasteiger partial charge in [-0.2, -0.15) is 8.78 Å². The molecule has 0 aliphatic rings. The van der Waals surface area contributed by atoms with Crippen molar-refractivity contribution in [2.45, 2.75) is 13.0 Å². The van der Waals surface area contributed by atoms with Crippen LogP contribution in [-0.4, -0.2) is 17.5 Å². The molecule has 1 aromatic heterocycles. The van der Waals surface area contributed by atoms with Gasteiger partial charge in [-0.15, -0.1) is 0 Å². The van der Waals surface area contributed by atoms with Crippen molar-refractivity contribution >= 4 is 5.91 Å². The first kappa shape index (κ1) is 10.4. The molecule has 2 N–H and O–H groups in total. The van der Waals surface area contributed by atoms with Crippen LogP contribution in [0.4, 0.5) is 8.78 Å². The fraction of sp³-hybridized carbons (Fsp3) is 0.250. The molecule has 14 heavy (non-hydrogen) atoms. The van der Waals surface area contributed by atoms with Gasteiger partial charge in [0, 0.05) is 5.69 Å². The molecule has 0 saturated carbocycles. The van der Waals surface area contributed by atoms with E-state index in [0.717, 1.165) is 6.20 Å². The second-order valence-electron chi connectivity index (χ2n) is 2.51. The lowest BCUT2D eigenvalue weighted by Crippen LogP contribution is -2.14. The minimum absolute atomic E-state index is 0.0189. The van der Waals surface area contributed by atoms with Gasteiger partial charge < -0.3 is 10.5 Å². The van der Waals surface area contributed by atoms with Crippen LogP contribution < -0.4 is 10.5 Å². The molecule has 6 heteroatoms. The summed E-state index contributed by atoms with van der Waals surface area (Å²) in [5, 5.41) is 0. The lowest BCUT2D eigenvalue weighted by atomic mass is 10.2. The number of aromatic nitrogens is 1. The lowest BCUT2D eigenvalue weighted by molar-refractivity contribution is -0.117. The van der Waals surface area contributed by atoms with Gasteiger partial charge in [0.1, 0.15) is 5.75 Å². The zero-order valence-electron chi connectivity index (χ0n) is 7.11. The lowest BCUT2D eigenvalue weighted by Gasteiger charge is -2.03. The first-order valence-electron chi connectivity index (χ1n) is 3.76. The van der Waals surface area contributed by atoms with Crippen LogP contribution in [0.3, 0.4) is 0 Å². The summed E-state index contributed by atoms with van der Waals surface area (Å²) in [6.45, 7) is -2.88. The summed E-state index contributed by atoms with van der Waals surface area (Å²) in [5.74, 6) is -0.576. The fourth-order valence-electron chi connectivity index (χ4n) is 0.867. The summed E-state index contributed by atoms with van der Waals surface area (Å²) in [5.41, 5.74) is 5.33. The van der Waals surface area contributed by atoms with Crippen LogP contribution in [0, 0.1) is 0 Å². The third kappa shape index (κ3) is 3.34. The number of alkyl halides is 2. The quantitative estimate of drug-likeness (QED) is 0.781. The number of nitrogens with zero attached hydrogens (tertiary/aromatic N) is 1. The maximum Gasteiger partial charge on any atom is 0.387 e. The van der Waals surface area contributed by atoms with Crippen LogP contribution in [0.25, 0.3) is 0 Å². The average Bonchev–Trinajstić information content (AvgIpc) is 2.06. The molecule has 0 unspecified atom stereocenters. The van der Waals surface area contributed by atoms with E-state index >= 15 is 0 Å². The number of pyridine rings is 1. The van der Waals surface area contributed by atoms with E-state index < -0.39 is 12.5 Å². The summed E-state index contributed by atoms with van der Waals surface area (Å²) in [4.78, 5) is 14.2. The topological polar surface area (TPSA) is 65.2 Å². The molecule has 0 aliphatic carbocycles. The van der Waals surface area contributed by atoms with Crippen molar-refractivity contribution in [3.63, 3.8) is 0 Å². The van der Waals surface area contributed by atoms with Crippen LogP contribution in [0.2, 0.25) is 0 Å². The van der Waals surface area contributed by atoms with Crippen molar-refractivity contribution in [3.05, 3.63) is 24.0 Å². The molecule has 0 radical (unpaired) electrons. The van der Waals surface area contributed by atoms with E-state index in [9.17, 15) is 13.6 Å². The van der Waals surface area contributed by atoms with Crippen LogP contribution in [0.1, 0.15) is 5.69 Å². The zero-order valence-corrected chi connectivity index (χ0v) is 7.11. The summed E-state index contributed by atoms with van der Waals surface area (Å²) in [7, 11) is 0. The Morgan fingerprint density at radius 2 is 2.29 bits per heavy atom. The zero-order chi connectivity index (χ0) is 10.6. The minimum Gasteiger partial charge on any atom is -0.433 e. The Balaban J connectivity index is 2.63. The number of hydrogen-bond acceptors (Lipinski definition) is 3. The van der Waals surface area contributed by atoms with Crippen molar-refractivity contribution in [3.8, 4) is 5.75 Å². The SMILES string of the molecule is NC(=O)Cc1ccc(OC(F)F)cn1. The third-order valence-corrected chi connectivity index (χ3v) is 1.38. The molecule has 0 fully saturated rings. The van der Waals surface area contributed by atoms with Crippen LogP contribution in [-0.2, 0) is 11.2 Å². The summed E-state index contributed by atoms with van der Waals surface area (Å²) < 4.78 is 27.5. The van der Waals surface area contributed by atoms with Gasteiger partial charge in [0.15, 0.2) is 0 Å². The predicted octanol–water partition coefficient (Wildman–Crippen LogP) is 0.711. The van der Waals surface area contributed by atoms with Gasteiger partial charge in [-0.05, 0) is 12.1 Å². The molecule has 0 atom stereocenters. The molecule has 0 aromatic carbocycles. The Morgan fingerprint density at radius 3 is 2.71 bits per heavy atom. The maximum atomic E-state index is 11.7. The largest absolute Gasteiger partial charge is 0.433 e. The number of carbonyl (C=O) groups excluding carboxylic acids is 1. The van der Waals surface area contributed by atoms with E-state index in [2.05, 4.69) is 9.72 Å². The molecule has 0 saturated heterocycles. The van der Waals surface area contributed by atoms with E-state index in [1.807, 2.05) is 0 Å². The van der Waals surface area contributed by atoms with E-state index in [1.165, 1.54) is 12.1 Å². The van der Waals surface area contributed by atoms with Gasteiger partial charge in [0.2, 0.25) is 5.91 Å². The minimum atomic E-state index is -2.88. The van der Waals surface area contributed by atoms with Gasteiger partial charge in [-0.25, -0.2) is 0 Å². The van der Waals surface area contributed by atoms with Gasteiger partial charge in [-0.3, -0.25) is 9.78 Å². The number of nitrogens with two attached hydrogens (primary N) is 1. The second kappa shape index (κ2) is 4.50. The Hall–Kier alpha value is -1.72. The first-order valence-corrected chi connectivity index (χ1v) is 3.76. The highest BCUT2D eigenvalue weighted by Crippen LogP contribution is 2.12. The van der Waals surface area contributed by atoms with E-state index in [-0.39, 0.29) is 12.2 Å².